The van der Waals surface area contributed by atoms with E-state index in [2.05, 4.69) is 10.0 Å². The van der Waals surface area contributed by atoms with Crippen LogP contribution in [0.5, 0.6) is 5.75 Å². The molecule has 33 heavy (non-hydrogen) atoms. The number of rotatable bonds is 10. The number of ether oxygens (including phenoxy) is 1. The number of benzene rings is 2. The Bertz CT molecular complexity index is 1240. The second kappa shape index (κ2) is 10.6. The number of nitrogens with one attached hydrogen (secondary N) is 2. The Hall–Kier alpha value is -2.47. The average molecular weight is 498 g/mol. The van der Waals surface area contributed by atoms with Crippen molar-refractivity contribution >= 4 is 31.6 Å². The highest BCUT2D eigenvalue weighted by Crippen LogP contribution is 2.30. The molecule has 2 N–H and O–H groups in total. The molecule has 182 valence electrons. The van der Waals surface area contributed by atoms with Gasteiger partial charge in [-0.1, -0.05) is 13.8 Å². The Kier molecular flexibility index (Phi) is 8.63. The molecule has 0 spiro atoms. The van der Waals surface area contributed by atoms with E-state index in [0.29, 0.717) is 11.1 Å². The van der Waals surface area contributed by atoms with Gasteiger partial charge < -0.3 is 10.1 Å². The van der Waals surface area contributed by atoms with Gasteiger partial charge in [0.1, 0.15) is 10.6 Å². The fourth-order valence-corrected chi connectivity index (χ4v) is 6.00. The molecular weight excluding hydrogens is 466 g/mol. The highest BCUT2D eigenvalue weighted by atomic mass is 32.2. The van der Waals surface area contributed by atoms with Gasteiger partial charge >= 0.3 is 0 Å². The van der Waals surface area contributed by atoms with E-state index in [-0.39, 0.29) is 46.5 Å². The molecular formula is C22H31N3O6S2. The summed E-state index contributed by atoms with van der Waals surface area (Å²) in [5.41, 5.74) is 1.54. The molecule has 0 unspecified atom stereocenters. The molecule has 0 aliphatic carbocycles. The number of hydrogen-bond acceptors (Lipinski definition) is 6. The van der Waals surface area contributed by atoms with Crippen LogP contribution in [-0.4, -0.2) is 53.8 Å². The molecule has 0 fully saturated rings. The van der Waals surface area contributed by atoms with Gasteiger partial charge in [0.15, 0.2) is 0 Å². The predicted molar refractivity (Wildman–Crippen MR) is 128 cm³/mol. The summed E-state index contributed by atoms with van der Waals surface area (Å²) in [5.74, 6) is -0.378. The summed E-state index contributed by atoms with van der Waals surface area (Å²) < 4.78 is 60.0. The van der Waals surface area contributed by atoms with E-state index in [4.69, 9.17) is 4.74 Å². The Labute approximate surface area is 196 Å². The Morgan fingerprint density at radius 2 is 1.61 bits per heavy atom. The fourth-order valence-electron chi connectivity index (χ4n) is 3.32. The summed E-state index contributed by atoms with van der Waals surface area (Å²) in [5, 5.41) is 2.67. The van der Waals surface area contributed by atoms with E-state index in [1.807, 2.05) is 0 Å². The molecule has 11 heteroatoms. The maximum atomic E-state index is 13.1. The van der Waals surface area contributed by atoms with Crippen LogP contribution in [0, 0.1) is 13.8 Å². The monoisotopic (exact) mass is 497 g/mol. The number of nitrogens with zero attached hydrogens (tertiary/aromatic N) is 1. The van der Waals surface area contributed by atoms with Crippen LogP contribution < -0.4 is 14.8 Å². The smallest absolute Gasteiger partial charge is 0.255 e. The van der Waals surface area contributed by atoms with E-state index in [1.165, 1.54) is 35.6 Å². The molecule has 9 nitrogen and oxygen atoms in total. The first-order chi connectivity index (χ1) is 15.4. The summed E-state index contributed by atoms with van der Waals surface area (Å²) in [6.45, 7) is 9.45. The zero-order valence-corrected chi connectivity index (χ0v) is 21.4. The molecule has 0 saturated carbocycles. The van der Waals surface area contributed by atoms with Gasteiger partial charge in [-0.15, -0.1) is 0 Å². The molecule has 2 rings (SSSR count). The van der Waals surface area contributed by atoms with Crippen molar-refractivity contribution in [2.24, 2.45) is 0 Å². The molecule has 0 aliphatic heterocycles. The summed E-state index contributed by atoms with van der Waals surface area (Å²) in [6, 6.07) is 7.26. The van der Waals surface area contributed by atoms with Gasteiger partial charge in [-0.2, -0.15) is 4.31 Å². The first kappa shape index (κ1) is 26.8. The second-order valence-electron chi connectivity index (χ2n) is 7.26. The Morgan fingerprint density at radius 1 is 0.970 bits per heavy atom. The average Bonchev–Trinajstić information content (AvgIpc) is 2.77. The maximum Gasteiger partial charge on any atom is 0.255 e. The van der Waals surface area contributed by atoms with E-state index in [9.17, 15) is 21.6 Å². The molecule has 0 saturated heterocycles. The van der Waals surface area contributed by atoms with E-state index in [0.717, 1.165) is 0 Å². The van der Waals surface area contributed by atoms with Crippen LogP contribution in [0.15, 0.2) is 40.1 Å². The van der Waals surface area contributed by atoms with Gasteiger partial charge in [0.2, 0.25) is 20.0 Å². The van der Waals surface area contributed by atoms with E-state index < -0.39 is 26.0 Å². The van der Waals surface area contributed by atoms with Crippen molar-refractivity contribution in [1.29, 1.82) is 0 Å². The van der Waals surface area contributed by atoms with Gasteiger partial charge in [-0.05, 0) is 69.3 Å². The summed E-state index contributed by atoms with van der Waals surface area (Å²) in [6.07, 6.45) is 0. The molecule has 0 heterocycles. The summed E-state index contributed by atoms with van der Waals surface area (Å²) in [4.78, 5) is 12.9. The number of hydrogen-bond donors (Lipinski definition) is 2. The standard InChI is InChI=1S/C22H31N3O6S2/c1-7-25(8-2)33(29,30)21-14-18(10-11-19(21)31-9-3)24-22(26)17-12-15(4)16(5)20(13-17)32(27,28)23-6/h10-14,23H,7-9H2,1-6H3,(H,24,26). The SMILES string of the molecule is CCOc1ccc(NC(=O)c2cc(C)c(C)c(S(=O)(=O)NC)c2)cc1S(=O)(=O)N(CC)CC. The first-order valence-electron chi connectivity index (χ1n) is 10.6. The van der Waals surface area contributed by atoms with Gasteiger partial charge in [0.25, 0.3) is 5.91 Å². The lowest BCUT2D eigenvalue weighted by atomic mass is 10.1. The highest BCUT2D eigenvalue weighted by molar-refractivity contribution is 7.89. The van der Waals surface area contributed by atoms with Crippen molar-refractivity contribution in [3.63, 3.8) is 0 Å². The highest BCUT2D eigenvalue weighted by Gasteiger charge is 2.27. The number of carbonyl (C=O) groups is 1. The van der Waals surface area contributed by atoms with Crippen LogP contribution in [0.3, 0.4) is 0 Å². The van der Waals surface area contributed by atoms with E-state index in [1.54, 1.807) is 40.7 Å². The van der Waals surface area contributed by atoms with Crippen molar-refractivity contribution in [1.82, 2.24) is 9.03 Å². The third-order valence-corrected chi connectivity index (χ3v) is 8.88. The Morgan fingerprint density at radius 3 is 2.15 bits per heavy atom. The van der Waals surface area contributed by atoms with Crippen molar-refractivity contribution in [2.45, 2.75) is 44.4 Å². The van der Waals surface area contributed by atoms with Crippen LogP contribution in [0.25, 0.3) is 0 Å². The molecule has 0 atom stereocenters. The molecule has 1 amide bonds. The third kappa shape index (κ3) is 5.72. The largest absolute Gasteiger partial charge is 0.492 e. The lowest BCUT2D eigenvalue weighted by Crippen LogP contribution is -2.31. The van der Waals surface area contributed by atoms with Crippen molar-refractivity contribution in [3.8, 4) is 5.75 Å². The third-order valence-electron chi connectivity index (χ3n) is 5.26. The molecule has 0 aliphatic rings. The molecule has 0 aromatic heterocycles. The van der Waals surface area contributed by atoms with Gasteiger partial charge in [0, 0.05) is 24.3 Å². The number of amides is 1. The quantitative estimate of drug-likeness (QED) is 0.521. The lowest BCUT2D eigenvalue weighted by molar-refractivity contribution is 0.102. The number of anilines is 1. The van der Waals surface area contributed by atoms with Crippen molar-refractivity contribution in [3.05, 3.63) is 47.0 Å². The van der Waals surface area contributed by atoms with Gasteiger partial charge in [-0.3, -0.25) is 4.79 Å². The van der Waals surface area contributed by atoms with Crippen LogP contribution in [0.2, 0.25) is 0 Å². The zero-order chi connectivity index (χ0) is 25.0. The Balaban J connectivity index is 2.51. The topological polar surface area (TPSA) is 122 Å². The molecule has 2 aromatic carbocycles. The summed E-state index contributed by atoms with van der Waals surface area (Å²) >= 11 is 0. The zero-order valence-electron chi connectivity index (χ0n) is 19.7. The molecule has 0 bridgehead atoms. The van der Waals surface area contributed by atoms with Crippen LogP contribution in [0.1, 0.15) is 42.3 Å². The molecule has 2 aromatic rings. The van der Waals surface area contributed by atoms with Crippen molar-refractivity contribution in [2.75, 3.05) is 32.1 Å². The number of sulfonamides is 2. The molecule has 0 radical (unpaired) electrons. The minimum Gasteiger partial charge on any atom is -0.492 e. The minimum atomic E-state index is -3.85. The predicted octanol–water partition coefficient (Wildman–Crippen LogP) is 2.89. The van der Waals surface area contributed by atoms with Gasteiger partial charge in [-0.25, -0.2) is 21.6 Å². The number of aryl methyl sites for hydroxylation is 1. The maximum absolute atomic E-state index is 13.1. The first-order valence-corrected chi connectivity index (χ1v) is 13.5. The number of carbonyl (C=O) groups excluding carboxylic acids is 1. The minimum absolute atomic E-state index is 0.00615. The van der Waals surface area contributed by atoms with E-state index >= 15 is 0 Å². The van der Waals surface area contributed by atoms with Crippen LogP contribution in [0.4, 0.5) is 5.69 Å². The fraction of sp³-hybridized carbons (Fsp3) is 0.409. The second-order valence-corrected chi connectivity index (χ2v) is 11.0. The van der Waals surface area contributed by atoms with Gasteiger partial charge in [0.05, 0.1) is 11.5 Å². The summed E-state index contributed by atoms with van der Waals surface area (Å²) in [7, 11) is -6.31. The normalized spacial score (nSPS) is 12.1. The lowest BCUT2D eigenvalue weighted by Gasteiger charge is -2.21. The van der Waals surface area contributed by atoms with Crippen molar-refractivity contribution < 1.29 is 26.4 Å². The van der Waals surface area contributed by atoms with Crippen LogP contribution in [-0.2, 0) is 20.0 Å². The van der Waals surface area contributed by atoms with Crippen LogP contribution >= 0.6 is 0 Å².